The minimum atomic E-state index is -1.32. The zero-order valence-corrected chi connectivity index (χ0v) is 17.5. The molecule has 7 nitrogen and oxygen atoms in total. The number of carboxylic acid groups (broad SMARTS) is 1. The van der Waals surface area contributed by atoms with Gasteiger partial charge in [0.15, 0.2) is 6.10 Å². The van der Waals surface area contributed by atoms with Crippen LogP contribution in [-0.2, 0) is 22.4 Å². The van der Waals surface area contributed by atoms with E-state index < -0.39 is 24.0 Å². The molecule has 156 valence electrons. The quantitative estimate of drug-likeness (QED) is 0.645. The second kappa shape index (κ2) is 8.90. The first-order valence-electron chi connectivity index (χ1n) is 9.57. The monoisotopic (exact) mass is 418 g/mol. The van der Waals surface area contributed by atoms with E-state index in [2.05, 4.69) is 5.32 Å². The van der Waals surface area contributed by atoms with Gasteiger partial charge in [-0.1, -0.05) is 0 Å². The lowest BCUT2D eigenvalue weighted by atomic mass is 10.0. The molecule has 1 N–H and O–H groups in total. The molecule has 2 aromatic rings. The number of aliphatic carboxylic acids is 1. The molecular formula is C21H24NO6S-. The van der Waals surface area contributed by atoms with Crippen molar-refractivity contribution in [2.24, 2.45) is 0 Å². The van der Waals surface area contributed by atoms with Gasteiger partial charge in [0.1, 0.15) is 11.3 Å². The highest BCUT2D eigenvalue weighted by Crippen LogP contribution is 2.35. The highest BCUT2D eigenvalue weighted by Gasteiger charge is 2.25. The van der Waals surface area contributed by atoms with Crippen molar-refractivity contribution in [1.29, 1.82) is 0 Å². The fourth-order valence-corrected chi connectivity index (χ4v) is 4.09. The third-order valence-electron chi connectivity index (χ3n) is 5.06. The Labute approximate surface area is 172 Å². The molecular weight excluding hydrogens is 394 g/mol. The number of hydrogen-bond donors (Lipinski definition) is 1. The number of carbonyl (C=O) groups excluding carboxylic acids is 2. The summed E-state index contributed by atoms with van der Waals surface area (Å²) in [5.41, 5.74) is 2.52. The Morgan fingerprint density at radius 1 is 1.31 bits per heavy atom. The van der Waals surface area contributed by atoms with Crippen LogP contribution in [-0.4, -0.2) is 36.0 Å². The average molecular weight is 418 g/mol. The average Bonchev–Trinajstić information content (AvgIpc) is 3.14. The Morgan fingerprint density at radius 2 is 2.03 bits per heavy atom. The Kier molecular flexibility index (Phi) is 6.52. The molecule has 0 saturated heterocycles. The summed E-state index contributed by atoms with van der Waals surface area (Å²) in [5.74, 6) is -0.815. The topological polar surface area (TPSA) is 109 Å². The summed E-state index contributed by atoms with van der Waals surface area (Å²) in [5, 5.41) is 14.5. The van der Waals surface area contributed by atoms with E-state index in [4.69, 9.17) is 9.15 Å². The summed E-state index contributed by atoms with van der Waals surface area (Å²) in [4.78, 5) is 36.0. The Morgan fingerprint density at radius 3 is 2.72 bits per heavy atom. The summed E-state index contributed by atoms with van der Waals surface area (Å²) < 4.78 is 11.4. The minimum absolute atomic E-state index is 0.272. The Balaban J connectivity index is 1.87. The number of hydrogen-bond acceptors (Lipinski definition) is 7. The lowest BCUT2D eigenvalue weighted by molar-refractivity contribution is -0.308. The van der Waals surface area contributed by atoms with Crippen molar-refractivity contribution in [3.05, 3.63) is 39.2 Å². The number of thioether (sulfide) groups is 1. The summed E-state index contributed by atoms with van der Waals surface area (Å²) in [6.07, 6.45) is 3.48. The number of benzene rings is 1. The van der Waals surface area contributed by atoms with Crippen LogP contribution < -0.4 is 20.8 Å². The third-order valence-corrected chi connectivity index (χ3v) is 5.71. The zero-order chi connectivity index (χ0) is 21.1. The van der Waals surface area contributed by atoms with Gasteiger partial charge in [0, 0.05) is 5.56 Å². The van der Waals surface area contributed by atoms with Crippen molar-refractivity contribution in [3.63, 3.8) is 0 Å². The SMILES string of the molecule is CSCC[C@H](NC(=O)[C@@H](C)Oc1cc(C)cc2oc(=O)c3c(c12)CCC3)C(=O)[O-]. The fourth-order valence-electron chi connectivity index (χ4n) is 3.62. The van der Waals surface area contributed by atoms with E-state index in [0.717, 1.165) is 24.0 Å². The molecule has 1 aromatic heterocycles. The van der Waals surface area contributed by atoms with E-state index in [1.165, 1.54) is 11.8 Å². The molecule has 1 heterocycles. The molecule has 0 fully saturated rings. The van der Waals surface area contributed by atoms with Crippen LogP contribution in [0.1, 0.15) is 36.5 Å². The second-order valence-electron chi connectivity index (χ2n) is 7.26. The van der Waals surface area contributed by atoms with E-state index >= 15 is 0 Å². The van der Waals surface area contributed by atoms with Crippen molar-refractivity contribution in [2.75, 3.05) is 12.0 Å². The number of aryl methyl sites for hydroxylation is 2. The third kappa shape index (κ3) is 4.58. The number of amides is 1. The van der Waals surface area contributed by atoms with Gasteiger partial charge in [-0.25, -0.2) is 4.79 Å². The Bertz CT molecular complexity index is 999. The van der Waals surface area contributed by atoms with Crippen molar-refractivity contribution >= 4 is 34.6 Å². The smallest absolute Gasteiger partial charge is 0.339 e. The molecule has 0 aliphatic heterocycles. The number of ether oxygens (including phenoxy) is 1. The molecule has 0 bridgehead atoms. The molecule has 1 aliphatic rings. The van der Waals surface area contributed by atoms with Crippen molar-refractivity contribution in [2.45, 2.75) is 51.7 Å². The van der Waals surface area contributed by atoms with Crippen molar-refractivity contribution in [1.82, 2.24) is 5.32 Å². The van der Waals surface area contributed by atoms with Crippen LogP contribution in [0.4, 0.5) is 0 Å². The standard InChI is InChI=1S/C21H25NO6S/c1-11-9-16(18-13-5-4-6-14(13)21(26)28-17(18)10-11)27-12(2)19(23)22-15(20(24)25)7-8-29-3/h9-10,12,15H,4-8H2,1-3H3,(H,22,23)(H,24,25)/p-1/t12-,15+/m1/s1. The number of carbonyl (C=O) groups is 2. The van der Waals surface area contributed by atoms with Gasteiger partial charge in [0.05, 0.1) is 17.4 Å². The lowest BCUT2D eigenvalue weighted by Gasteiger charge is -2.23. The van der Waals surface area contributed by atoms with Gasteiger partial charge in [-0.15, -0.1) is 0 Å². The molecule has 3 rings (SSSR count). The lowest BCUT2D eigenvalue weighted by Crippen LogP contribution is -2.51. The van der Waals surface area contributed by atoms with Crippen LogP contribution in [0, 0.1) is 6.92 Å². The predicted octanol–water partition coefficient (Wildman–Crippen LogP) is 1.35. The largest absolute Gasteiger partial charge is 0.548 e. The number of carboxylic acids is 1. The van der Waals surface area contributed by atoms with Gasteiger partial charge < -0.3 is 24.4 Å². The van der Waals surface area contributed by atoms with Gasteiger partial charge >= 0.3 is 5.63 Å². The van der Waals surface area contributed by atoms with Crippen LogP contribution in [0.2, 0.25) is 0 Å². The zero-order valence-electron chi connectivity index (χ0n) is 16.7. The molecule has 0 radical (unpaired) electrons. The molecule has 29 heavy (non-hydrogen) atoms. The van der Waals surface area contributed by atoms with Crippen LogP contribution in [0.25, 0.3) is 11.0 Å². The summed E-state index contributed by atoms with van der Waals surface area (Å²) in [6, 6.07) is 2.51. The van der Waals surface area contributed by atoms with E-state index in [9.17, 15) is 19.5 Å². The number of rotatable bonds is 8. The molecule has 0 spiro atoms. The summed E-state index contributed by atoms with van der Waals surface area (Å²) >= 11 is 1.49. The van der Waals surface area contributed by atoms with Gasteiger partial charge in [0.25, 0.3) is 5.91 Å². The second-order valence-corrected chi connectivity index (χ2v) is 8.24. The minimum Gasteiger partial charge on any atom is -0.548 e. The molecule has 8 heteroatoms. The van der Waals surface area contributed by atoms with Gasteiger partial charge in [-0.2, -0.15) is 11.8 Å². The maximum Gasteiger partial charge on any atom is 0.339 e. The predicted molar refractivity (Wildman–Crippen MR) is 109 cm³/mol. The van der Waals surface area contributed by atoms with E-state index in [1.54, 1.807) is 19.1 Å². The summed E-state index contributed by atoms with van der Waals surface area (Å²) in [7, 11) is 0. The maximum atomic E-state index is 12.5. The fraction of sp³-hybridized carbons (Fsp3) is 0.476. The van der Waals surface area contributed by atoms with E-state index in [1.807, 2.05) is 13.2 Å². The van der Waals surface area contributed by atoms with E-state index in [0.29, 0.717) is 34.5 Å². The molecule has 1 aromatic carbocycles. The van der Waals surface area contributed by atoms with Gasteiger partial charge in [-0.3, -0.25) is 4.79 Å². The number of fused-ring (bicyclic) bond motifs is 3. The molecule has 2 atom stereocenters. The first-order chi connectivity index (χ1) is 13.8. The molecule has 1 aliphatic carbocycles. The van der Waals surface area contributed by atoms with Crippen LogP contribution in [0.5, 0.6) is 5.75 Å². The molecule has 1 amide bonds. The molecule has 0 unspecified atom stereocenters. The first-order valence-corrected chi connectivity index (χ1v) is 11.0. The van der Waals surface area contributed by atoms with E-state index in [-0.39, 0.29) is 12.0 Å². The van der Waals surface area contributed by atoms with Crippen LogP contribution >= 0.6 is 11.8 Å². The van der Waals surface area contributed by atoms with Crippen molar-refractivity contribution < 1.29 is 23.8 Å². The Hall–Kier alpha value is -2.48. The number of nitrogens with one attached hydrogen (secondary N) is 1. The highest BCUT2D eigenvalue weighted by molar-refractivity contribution is 7.98. The highest BCUT2D eigenvalue weighted by atomic mass is 32.2. The van der Waals surface area contributed by atoms with Gasteiger partial charge in [0.2, 0.25) is 0 Å². The first kappa shape index (κ1) is 21.2. The van der Waals surface area contributed by atoms with Gasteiger partial charge in [-0.05, 0) is 74.8 Å². The molecule has 0 saturated carbocycles. The van der Waals surface area contributed by atoms with Crippen LogP contribution in [0.15, 0.2) is 21.3 Å². The van der Waals surface area contributed by atoms with Crippen LogP contribution in [0.3, 0.4) is 0 Å². The maximum absolute atomic E-state index is 12.5. The summed E-state index contributed by atoms with van der Waals surface area (Å²) in [6.45, 7) is 3.41. The normalized spacial score (nSPS) is 15.0. The van der Waals surface area contributed by atoms with Crippen molar-refractivity contribution in [3.8, 4) is 5.75 Å².